The van der Waals surface area contributed by atoms with Gasteiger partial charge in [0.25, 0.3) is 0 Å². The van der Waals surface area contributed by atoms with Gasteiger partial charge >= 0.3 is 0 Å². The normalized spacial score (nSPS) is 8.00. The predicted molar refractivity (Wildman–Crippen MR) is 63.6 cm³/mol. The monoisotopic (exact) mass is 205 g/mol. The lowest BCUT2D eigenvalue weighted by molar-refractivity contribution is 1.04. The highest BCUT2D eigenvalue weighted by atomic mass is 15.2. The van der Waals surface area contributed by atoms with Crippen LogP contribution in [0.1, 0.15) is 25.2 Å². The van der Waals surface area contributed by atoms with Crippen molar-refractivity contribution in [3.63, 3.8) is 0 Å². The van der Waals surface area contributed by atoms with Crippen molar-refractivity contribution < 1.29 is 0 Å². The quantitative estimate of drug-likeness (QED) is 0.718. The second-order valence-electron chi connectivity index (χ2n) is 2.73. The highest BCUT2D eigenvalue weighted by molar-refractivity contribution is 5.11. The third-order valence-electron chi connectivity index (χ3n) is 1.48. The van der Waals surface area contributed by atoms with Crippen LogP contribution in [0.5, 0.6) is 0 Å². The molecule has 1 aromatic heterocycles. The van der Waals surface area contributed by atoms with Gasteiger partial charge in [0.05, 0.1) is 0 Å². The molecular formula is C12H19N3. The van der Waals surface area contributed by atoms with Crippen LogP contribution in [-0.2, 0) is 0 Å². The van der Waals surface area contributed by atoms with Crippen LogP contribution in [0.3, 0.4) is 0 Å². The zero-order valence-electron chi connectivity index (χ0n) is 9.86. The molecule has 0 unspecified atom stereocenters. The summed E-state index contributed by atoms with van der Waals surface area (Å²) in [4.78, 5) is 3.75. The number of nitrogens with one attached hydrogen (secondary N) is 1. The van der Waals surface area contributed by atoms with Gasteiger partial charge in [-0.25, -0.2) is 4.98 Å². The van der Waals surface area contributed by atoms with E-state index in [2.05, 4.69) is 34.2 Å². The van der Waals surface area contributed by atoms with E-state index in [1.165, 1.54) is 11.9 Å². The maximum atomic E-state index is 3.75. The summed E-state index contributed by atoms with van der Waals surface area (Å²) in [5.74, 6) is 0.856. The average molecular weight is 205 g/mol. The first-order chi connectivity index (χ1) is 7.29. The Balaban J connectivity index is 0.000000227. The number of nitrogens with zero attached hydrogens (tertiary/aromatic N) is 2. The predicted octanol–water partition coefficient (Wildman–Crippen LogP) is 3.13. The number of hydrogen-bond acceptors (Lipinski definition) is 2. The smallest absolute Gasteiger partial charge is 0.137 e. The van der Waals surface area contributed by atoms with Crippen molar-refractivity contribution in [1.82, 2.24) is 15.2 Å². The first-order valence-electron chi connectivity index (χ1n) is 5.12. The fraction of sp³-hybridized carbons (Fsp3) is 0.333. The number of rotatable bonds is 0. The molecule has 1 N–H and O–H groups in total. The summed E-state index contributed by atoms with van der Waals surface area (Å²) in [6, 6.07) is 10.3. The van der Waals surface area contributed by atoms with Crippen LogP contribution in [0.2, 0.25) is 0 Å². The maximum absolute atomic E-state index is 3.75. The van der Waals surface area contributed by atoms with E-state index in [4.69, 9.17) is 0 Å². The van der Waals surface area contributed by atoms with Crippen LogP contribution >= 0.6 is 0 Å². The molecule has 0 radical (unpaired) electrons. The van der Waals surface area contributed by atoms with Crippen LogP contribution in [0.25, 0.3) is 0 Å². The highest BCUT2D eigenvalue weighted by Crippen LogP contribution is 1.92. The maximum Gasteiger partial charge on any atom is 0.137 e. The Kier molecular flexibility index (Phi) is 7.96. The third kappa shape index (κ3) is 7.43. The molecule has 0 aliphatic carbocycles. The van der Waals surface area contributed by atoms with Crippen LogP contribution in [-0.4, -0.2) is 15.2 Å². The van der Waals surface area contributed by atoms with Gasteiger partial charge in [-0.05, 0) is 13.8 Å². The summed E-state index contributed by atoms with van der Waals surface area (Å²) in [5.41, 5.74) is 1.32. The van der Waals surface area contributed by atoms with Crippen molar-refractivity contribution in [1.29, 1.82) is 0 Å². The lowest BCUT2D eigenvalue weighted by atomic mass is 10.2. The fourth-order valence-corrected chi connectivity index (χ4v) is 0.801. The number of hydrogen-bond donors (Lipinski definition) is 1. The van der Waals surface area contributed by atoms with Gasteiger partial charge in [0.1, 0.15) is 12.2 Å². The van der Waals surface area contributed by atoms with E-state index < -0.39 is 0 Å². The van der Waals surface area contributed by atoms with Crippen molar-refractivity contribution in [2.75, 3.05) is 0 Å². The second-order valence-corrected chi connectivity index (χ2v) is 2.73. The van der Waals surface area contributed by atoms with Gasteiger partial charge in [0.2, 0.25) is 0 Å². The summed E-state index contributed by atoms with van der Waals surface area (Å²) < 4.78 is 0. The van der Waals surface area contributed by atoms with Crippen LogP contribution in [0.4, 0.5) is 0 Å². The van der Waals surface area contributed by atoms with E-state index in [-0.39, 0.29) is 0 Å². The second kappa shape index (κ2) is 8.94. The molecule has 0 atom stereocenters. The third-order valence-corrected chi connectivity index (χ3v) is 1.48. The van der Waals surface area contributed by atoms with E-state index in [9.17, 15) is 0 Å². The standard InChI is InChI=1S/C7H8.C3H5N3.C2H6/c1-7-5-3-2-4-6-7;1-3-4-2-5-6-3;1-2/h2-6H,1H3;2H,1H3,(H,4,5,6);1-2H3. The minimum Gasteiger partial charge on any atom is -0.264 e. The molecule has 0 saturated heterocycles. The molecular weight excluding hydrogens is 186 g/mol. The Morgan fingerprint density at radius 2 is 1.60 bits per heavy atom. The van der Waals surface area contributed by atoms with E-state index >= 15 is 0 Å². The molecule has 3 heteroatoms. The molecule has 0 aliphatic heterocycles. The lowest BCUT2D eigenvalue weighted by Gasteiger charge is -1.82. The molecule has 3 nitrogen and oxygen atoms in total. The molecule has 2 rings (SSSR count). The van der Waals surface area contributed by atoms with Gasteiger partial charge in [-0.3, -0.25) is 5.10 Å². The van der Waals surface area contributed by atoms with Crippen molar-refractivity contribution in [3.05, 3.63) is 48.0 Å². The molecule has 0 bridgehead atoms. The van der Waals surface area contributed by atoms with E-state index in [0.717, 1.165) is 5.82 Å². The molecule has 1 aromatic carbocycles. The van der Waals surface area contributed by atoms with Gasteiger partial charge in [-0.1, -0.05) is 49.7 Å². The van der Waals surface area contributed by atoms with Gasteiger partial charge < -0.3 is 0 Å². The van der Waals surface area contributed by atoms with Crippen molar-refractivity contribution in [2.24, 2.45) is 0 Å². The summed E-state index contributed by atoms with van der Waals surface area (Å²) in [6.45, 7) is 7.94. The van der Waals surface area contributed by atoms with Gasteiger partial charge in [0, 0.05) is 0 Å². The first-order valence-corrected chi connectivity index (χ1v) is 5.12. The van der Waals surface area contributed by atoms with Gasteiger partial charge in [-0.2, -0.15) is 5.10 Å². The summed E-state index contributed by atoms with van der Waals surface area (Å²) in [7, 11) is 0. The molecule has 2 aromatic rings. The minimum absolute atomic E-state index is 0.856. The van der Waals surface area contributed by atoms with Crippen LogP contribution < -0.4 is 0 Å². The van der Waals surface area contributed by atoms with Crippen LogP contribution in [0, 0.1) is 13.8 Å². The number of aromatic amines is 1. The van der Waals surface area contributed by atoms with Crippen molar-refractivity contribution >= 4 is 0 Å². The number of aryl methyl sites for hydroxylation is 2. The summed E-state index contributed by atoms with van der Waals surface area (Å²) in [6.07, 6.45) is 1.48. The zero-order valence-corrected chi connectivity index (χ0v) is 9.86. The number of benzene rings is 1. The Hall–Kier alpha value is -1.64. The summed E-state index contributed by atoms with van der Waals surface area (Å²) in [5, 5.41) is 6.22. The van der Waals surface area contributed by atoms with E-state index in [0.29, 0.717) is 0 Å². The molecule has 0 aliphatic rings. The molecule has 0 spiro atoms. The molecule has 82 valence electrons. The Morgan fingerprint density at radius 3 is 1.80 bits per heavy atom. The average Bonchev–Trinajstić information content (AvgIpc) is 2.74. The molecule has 0 saturated carbocycles. The van der Waals surface area contributed by atoms with Gasteiger partial charge in [-0.15, -0.1) is 0 Å². The van der Waals surface area contributed by atoms with Gasteiger partial charge in [0.15, 0.2) is 0 Å². The lowest BCUT2D eigenvalue weighted by Crippen LogP contribution is -1.68. The van der Waals surface area contributed by atoms with Crippen LogP contribution in [0.15, 0.2) is 36.7 Å². The topological polar surface area (TPSA) is 41.6 Å². The van der Waals surface area contributed by atoms with Crippen molar-refractivity contribution in [3.8, 4) is 0 Å². The zero-order chi connectivity index (χ0) is 11.5. The Bertz CT molecular complexity index is 314. The number of aromatic nitrogens is 3. The number of H-pyrrole nitrogens is 1. The molecule has 1 heterocycles. The Labute approximate surface area is 91.6 Å². The molecule has 0 fully saturated rings. The highest BCUT2D eigenvalue weighted by Gasteiger charge is 1.75. The molecule has 0 amide bonds. The van der Waals surface area contributed by atoms with E-state index in [1.807, 2.05) is 39.0 Å². The SMILES string of the molecule is CC.Cc1ccccc1.Cc1ncn[nH]1. The largest absolute Gasteiger partial charge is 0.264 e. The Morgan fingerprint density at radius 1 is 1.00 bits per heavy atom. The first kappa shape index (κ1) is 13.4. The van der Waals surface area contributed by atoms with E-state index in [1.54, 1.807) is 0 Å². The fourth-order valence-electron chi connectivity index (χ4n) is 0.801. The van der Waals surface area contributed by atoms with Crippen molar-refractivity contribution in [2.45, 2.75) is 27.7 Å². The summed E-state index contributed by atoms with van der Waals surface area (Å²) >= 11 is 0. The molecule has 15 heavy (non-hydrogen) atoms. The minimum atomic E-state index is 0.856.